The Hall–Kier alpha value is -2.83. The molecule has 2 aromatic heterocycles. The van der Waals surface area contributed by atoms with Crippen molar-refractivity contribution in [2.24, 2.45) is 0 Å². The number of rotatable bonds is 5. The highest BCUT2D eigenvalue weighted by Gasteiger charge is 2.07. The highest BCUT2D eigenvalue weighted by atomic mass is 19.1. The molecule has 0 saturated heterocycles. The van der Waals surface area contributed by atoms with Gasteiger partial charge < -0.3 is 9.84 Å². The molecule has 0 spiro atoms. The lowest BCUT2D eigenvalue weighted by atomic mass is 10.1. The summed E-state index contributed by atoms with van der Waals surface area (Å²) in [4.78, 5) is 12.0. The summed E-state index contributed by atoms with van der Waals surface area (Å²) in [7, 11) is 0. The van der Waals surface area contributed by atoms with Gasteiger partial charge in [-0.1, -0.05) is 29.4 Å². The largest absolute Gasteiger partial charge is 0.365 e. The van der Waals surface area contributed by atoms with E-state index in [4.69, 9.17) is 4.52 Å². The van der Waals surface area contributed by atoms with Gasteiger partial charge in [-0.25, -0.2) is 9.37 Å². The summed E-state index contributed by atoms with van der Waals surface area (Å²) in [5, 5.41) is 6.88. The highest BCUT2D eigenvalue weighted by Crippen LogP contribution is 2.17. The molecule has 0 aliphatic heterocycles. The van der Waals surface area contributed by atoms with Crippen molar-refractivity contribution >= 4 is 5.82 Å². The van der Waals surface area contributed by atoms with Gasteiger partial charge in [-0.05, 0) is 5.56 Å². The van der Waals surface area contributed by atoms with Gasteiger partial charge in [-0.2, -0.15) is 4.98 Å². The van der Waals surface area contributed by atoms with Gasteiger partial charge in [0.25, 0.3) is 5.89 Å². The average molecular weight is 285 g/mol. The van der Waals surface area contributed by atoms with E-state index in [-0.39, 0.29) is 5.89 Å². The average Bonchev–Trinajstić information content (AvgIpc) is 3.03. The first kappa shape index (κ1) is 13.2. The summed E-state index contributed by atoms with van der Waals surface area (Å²) in [5.41, 5.74) is 1.85. The fraction of sp³-hybridized carbons (Fsp3) is 0.143. The minimum absolute atomic E-state index is 0.0154. The third kappa shape index (κ3) is 3.19. The van der Waals surface area contributed by atoms with Crippen LogP contribution in [0.25, 0.3) is 11.4 Å². The van der Waals surface area contributed by atoms with Crippen LogP contribution >= 0.6 is 0 Å². The minimum Gasteiger partial charge on any atom is -0.365 e. The Bertz CT molecular complexity index is 699. The molecule has 0 atom stereocenters. The Morgan fingerprint density at radius 2 is 2.00 bits per heavy atom. The van der Waals surface area contributed by atoms with Gasteiger partial charge in [0, 0.05) is 24.5 Å². The van der Waals surface area contributed by atoms with Crippen molar-refractivity contribution in [2.45, 2.75) is 13.2 Å². The molecule has 0 bridgehead atoms. The quantitative estimate of drug-likeness (QED) is 0.776. The molecule has 3 rings (SSSR count). The van der Waals surface area contributed by atoms with Crippen LogP contribution in [0.4, 0.5) is 10.2 Å². The Morgan fingerprint density at radius 3 is 2.67 bits per heavy atom. The van der Waals surface area contributed by atoms with Gasteiger partial charge in [0.2, 0.25) is 5.82 Å². The summed E-state index contributed by atoms with van der Waals surface area (Å²) in [6, 6.07) is 7.59. The smallest absolute Gasteiger partial charge is 0.258 e. The zero-order chi connectivity index (χ0) is 14.5. The Labute approximate surface area is 120 Å². The molecule has 0 saturated carbocycles. The number of aromatic nitrogens is 4. The van der Waals surface area contributed by atoms with Crippen LogP contribution in [-0.2, 0) is 13.2 Å². The van der Waals surface area contributed by atoms with Crippen molar-refractivity contribution in [3.05, 3.63) is 54.3 Å². The summed E-state index contributed by atoms with van der Waals surface area (Å²) in [6.45, 7) is -0.131. The SMILES string of the molecule is FCc1nc(-c2ccc(CNc3cnccn3)cc2)no1. The van der Waals surface area contributed by atoms with Crippen molar-refractivity contribution in [2.75, 3.05) is 5.32 Å². The molecule has 0 radical (unpaired) electrons. The number of halogens is 1. The summed E-state index contributed by atoms with van der Waals surface area (Å²) >= 11 is 0. The molecule has 21 heavy (non-hydrogen) atoms. The van der Waals surface area contributed by atoms with Crippen molar-refractivity contribution in [1.82, 2.24) is 20.1 Å². The van der Waals surface area contributed by atoms with Gasteiger partial charge in [0.15, 0.2) is 6.67 Å². The number of benzene rings is 1. The van der Waals surface area contributed by atoms with Crippen LogP contribution in [-0.4, -0.2) is 20.1 Å². The molecule has 7 heteroatoms. The van der Waals surface area contributed by atoms with E-state index < -0.39 is 6.67 Å². The number of anilines is 1. The van der Waals surface area contributed by atoms with Crippen LogP contribution in [0.1, 0.15) is 11.5 Å². The Morgan fingerprint density at radius 1 is 1.14 bits per heavy atom. The van der Waals surface area contributed by atoms with Crippen LogP contribution in [0.3, 0.4) is 0 Å². The summed E-state index contributed by atoms with van der Waals surface area (Å²) < 4.78 is 17.1. The molecule has 0 aliphatic rings. The van der Waals surface area contributed by atoms with Crippen molar-refractivity contribution in [3.8, 4) is 11.4 Å². The molecule has 0 unspecified atom stereocenters. The monoisotopic (exact) mass is 285 g/mol. The maximum Gasteiger partial charge on any atom is 0.258 e. The maximum atomic E-state index is 12.4. The van der Waals surface area contributed by atoms with Gasteiger partial charge >= 0.3 is 0 Å². The standard InChI is InChI=1S/C14H12FN5O/c15-7-13-19-14(20-21-13)11-3-1-10(2-4-11)8-18-12-9-16-5-6-17-12/h1-6,9H,7-8H2,(H,17,18). The lowest BCUT2D eigenvalue weighted by Crippen LogP contribution is -2.01. The first-order valence-electron chi connectivity index (χ1n) is 6.33. The predicted molar refractivity (Wildman–Crippen MR) is 73.9 cm³/mol. The van der Waals surface area contributed by atoms with E-state index in [1.54, 1.807) is 18.6 Å². The second-order valence-electron chi connectivity index (χ2n) is 4.29. The second-order valence-corrected chi connectivity index (χ2v) is 4.29. The molecule has 1 N–H and O–H groups in total. The van der Waals surface area contributed by atoms with E-state index in [1.165, 1.54) is 0 Å². The molecule has 0 fully saturated rings. The molecule has 3 aromatic rings. The van der Waals surface area contributed by atoms with Crippen LogP contribution in [0.2, 0.25) is 0 Å². The van der Waals surface area contributed by atoms with E-state index in [9.17, 15) is 4.39 Å². The molecule has 106 valence electrons. The fourth-order valence-corrected chi connectivity index (χ4v) is 1.78. The minimum atomic E-state index is -0.757. The number of hydrogen-bond acceptors (Lipinski definition) is 6. The van der Waals surface area contributed by atoms with Crippen molar-refractivity contribution in [1.29, 1.82) is 0 Å². The molecule has 2 heterocycles. The Balaban J connectivity index is 1.66. The molecule has 0 aliphatic carbocycles. The third-order valence-corrected chi connectivity index (χ3v) is 2.83. The highest BCUT2D eigenvalue weighted by molar-refractivity contribution is 5.54. The maximum absolute atomic E-state index is 12.4. The zero-order valence-electron chi connectivity index (χ0n) is 11.0. The van der Waals surface area contributed by atoms with Crippen LogP contribution in [0.15, 0.2) is 47.4 Å². The predicted octanol–water partition coefficient (Wildman–Crippen LogP) is 2.61. The summed E-state index contributed by atoms with van der Waals surface area (Å²) in [5.74, 6) is 1.09. The van der Waals surface area contributed by atoms with E-state index in [0.29, 0.717) is 18.2 Å². The van der Waals surface area contributed by atoms with Crippen LogP contribution in [0, 0.1) is 0 Å². The number of alkyl halides is 1. The zero-order valence-corrected chi connectivity index (χ0v) is 11.0. The molecule has 6 nitrogen and oxygen atoms in total. The molecular formula is C14H12FN5O. The molecular weight excluding hydrogens is 273 g/mol. The van der Waals surface area contributed by atoms with E-state index in [1.807, 2.05) is 24.3 Å². The van der Waals surface area contributed by atoms with E-state index >= 15 is 0 Å². The Kier molecular flexibility index (Phi) is 3.81. The normalized spacial score (nSPS) is 10.5. The molecule has 1 aromatic carbocycles. The topological polar surface area (TPSA) is 76.7 Å². The van der Waals surface area contributed by atoms with Gasteiger partial charge in [0.05, 0.1) is 6.20 Å². The molecule has 0 amide bonds. The summed E-state index contributed by atoms with van der Waals surface area (Å²) in [6.07, 6.45) is 4.91. The number of nitrogens with zero attached hydrogens (tertiary/aromatic N) is 4. The van der Waals surface area contributed by atoms with Gasteiger partial charge in [0.1, 0.15) is 5.82 Å². The van der Waals surface area contributed by atoms with Crippen LogP contribution < -0.4 is 5.32 Å². The van der Waals surface area contributed by atoms with Crippen molar-refractivity contribution in [3.63, 3.8) is 0 Å². The third-order valence-electron chi connectivity index (χ3n) is 2.83. The van der Waals surface area contributed by atoms with Crippen molar-refractivity contribution < 1.29 is 8.91 Å². The van der Waals surface area contributed by atoms with Gasteiger partial charge in [-0.15, -0.1) is 0 Å². The van der Waals surface area contributed by atoms with E-state index in [2.05, 4.69) is 25.4 Å². The fourth-order valence-electron chi connectivity index (χ4n) is 1.78. The second kappa shape index (κ2) is 6.08. The number of nitrogens with one attached hydrogen (secondary N) is 1. The first-order chi connectivity index (χ1) is 10.3. The number of hydrogen-bond donors (Lipinski definition) is 1. The van der Waals surface area contributed by atoms with E-state index in [0.717, 1.165) is 11.1 Å². The van der Waals surface area contributed by atoms with Crippen LogP contribution in [0.5, 0.6) is 0 Å². The first-order valence-corrected chi connectivity index (χ1v) is 6.33. The lowest BCUT2D eigenvalue weighted by Gasteiger charge is -2.05. The van der Waals surface area contributed by atoms with Gasteiger partial charge in [-0.3, -0.25) is 4.98 Å². The lowest BCUT2D eigenvalue weighted by molar-refractivity contribution is 0.323.